The molecule has 0 aliphatic carbocycles. The number of nitrogens with one attached hydrogen (secondary N) is 2. The fourth-order valence-corrected chi connectivity index (χ4v) is 3.44. The van der Waals surface area contributed by atoms with Gasteiger partial charge in [-0.2, -0.15) is 0 Å². The molecule has 2 N–H and O–H groups in total. The standard InChI is InChI=1S/C18H19FN2O5S/c1-4-17(22)20-13-7-5-11(2)15(10-13)21-27(24,25)16-9-12(18(23)26-3)6-8-14(16)19/h5-10,21H,4H2,1-3H3,(H,20,22). The monoisotopic (exact) mass is 394 g/mol. The number of sulfonamides is 1. The zero-order valence-electron chi connectivity index (χ0n) is 15.0. The van der Waals surface area contributed by atoms with Crippen molar-refractivity contribution in [2.75, 3.05) is 17.1 Å². The molecule has 1 amide bonds. The summed E-state index contributed by atoms with van der Waals surface area (Å²) in [6, 6.07) is 7.59. The molecule has 0 fully saturated rings. The minimum absolute atomic E-state index is 0.0973. The second-order valence-corrected chi connectivity index (χ2v) is 7.32. The van der Waals surface area contributed by atoms with Gasteiger partial charge in [0.1, 0.15) is 10.7 Å². The van der Waals surface area contributed by atoms with E-state index in [0.29, 0.717) is 11.3 Å². The van der Waals surface area contributed by atoms with Crippen molar-refractivity contribution >= 4 is 33.3 Å². The fraction of sp³-hybridized carbons (Fsp3) is 0.222. The van der Waals surface area contributed by atoms with E-state index in [-0.39, 0.29) is 23.6 Å². The van der Waals surface area contributed by atoms with Crippen LogP contribution in [0, 0.1) is 12.7 Å². The molecule has 7 nitrogen and oxygen atoms in total. The quantitative estimate of drug-likeness (QED) is 0.733. The molecule has 0 heterocycles. The number of rotatable bonds is 6. The molecule has 0 aliphatic rings. The fourth-order valence-electron chi connectivity index (χ4n) is 2.21. The normalized spacial score (nSPS) is 11.0. The molecule has 9 heteroatoms. The number of halogens is 1. The molecule has 0 unspecified atom stereocenters. The molecule has 2 aromatic rings. The Hall–Kier alpha value is -2.94. The number of benzene rings is 2. The Balaban J connectivity index is 2.40. The zero-order valence-corrected chi connectivity index (χ0v) is 15.8. The zero-order chi connectivity index (χ0) is 20.2. The maximum atomic E-state index is 14.1. The van der Waals surface area contributed by atoms with E-state index in [1.54, 1.807) is 26.0 Å². The Morgan fingerprint density at radius 1 is 1.15 bits per heavy atom. The molecule has 0 bridgehead atoms. The molecule has 0 radical (unpaired) electrons. The molecule has 0 atom stereocenters. The van der Waals surface area contributed by atoms with Gasteiger partial charge >= 0.3 is 5.97 Å². The van der Waals surface area contributed by atoms with E-state index in [1.165, 1.54) is 6.07 Å². The number of carbonyl (C=O) groups is 2. The van der Waals surface area contributed by atoms with Crippen LogP contribution in [-0.4, -0.2) is 27.4 Å². The summed E-state index contributed by atoms with van der Waals surface area (Å²) < 4.78 is 46.2. The van der Waals surface area contributed by atoms with E-state index in [4.69, 9.17) is 0 Å². The van der Waals surface area contributed by atoms with Gasteiger partial charge in [-0.25, -0.2) is 17.6 Å². The number of ether oxygens (including phenoxy) is 1. The molecular formula is C18H19FN2O5S. The van der Waals surface area contributed by atoms with Gasteiger partial charge in [0.05, 0.1) is 18.4 Å². The Labute approximate surface area is 156 Å². The average molecular weight is 394 g/mol. The van der Waals surface area contributed by atoms with Crippen LogP contribution in [-0.2, 0) is 19.6 Å². The van der Waals surface area contributed by atoms with Crippen molar-refractivity contribution < 1.29 is 27.1 Å². The molecule has 2 aromatic carbocycles. The minimum Gasteiger partial charge on any atom is -0.465 e. The van der Waals surface area contributed by atoms with Gasteiger partial charge in [-0.05, 0) is 42.8 Å². The van der Waals surface area contributed by atoms with Crippen LogP contribution in [0.1, 0.15) is 29.3 Å². The van der Waals surface area contributed by atoms with Gasteiger partial charge in [-0.15, -0.1) is 0 Å². The van der Waals surface area contributed by atoms with Crippen molar-refractivity contribution in [3.05, 3.63) is 53.3 Å². The van der Waals surface area contributed by atoms with Gasteiger partial charge in [0.25, 0.3) is 10.0 Å². The van der Waals surface area contributed by atoms with Crippen LogP contribution in [0.3, 0.4) is 0 Å². The lowest BCUT2D eigenvalue weighted by atomic mass is 10.2. The van der Waals surface area contributed by atoms with E-state index in [9.17, 15) is 22.4 Å². The third kappa shape index (κ3) is 4.82. The summed E-state index contributed by atoms with van der Waals surface area (Å²) in [6.07, 6.45) is 0.264. The van der Waals surface area contributed by atoms with Crippen LogP contribution < -0.4 is 10.0 Å². The highest BCUT2D eigenvalue weighted by Gasteiger charge is 2.22. The number of methoxy groups -OCH3 is 1. The van der Waals surface area contributed by atoms with Crippen molar-refractivity contribution in [2.24, 2.45) is 0 Å². The number of hydrogen-bond donors (Lipinski definition) is 2. The number of hydrogen-bond acceptors (Lipinski definition) is 5. The molecular weight excluding hydrogens is 375 g/mol. The number of amides is 1. The van der Waals surface area contributed by atoms with Crippen molar-refractivity contribution in [1.82, 2.24) is 0 Å². The maximum Gasteiger partial charge on any atom is 0.337 e. The smallest absolute Gasteiger partial charge is 0.337 e. The first-order valence-electron chi connectivity index (χ1n) is 7.99. The van der Waals surface area contributed by atoms with Gasteiger partial charge in [0.2, 0.25) is 5.91 Å². The summed E-state index contributed by atoms with van der Waals surface area (Å²) >= 11 is 0. The summed E-state index contributed by atoms with van der Waals surface area (Å²) in [4.78, 5) is 22.4. The van der Waals surface area contributed by atoms with Crippen LogP contribution in [0.4, 0.5) is 15.8 Å². The minimum atomic E-state index is -4.33. The predicted molar refractivity (Wildman–Crippen MR) is 98.6 cm³/mol. The summed E-state index contributed by atoms with van der Waals surface area (Å²) in [5, 5.41) is 2.62. The summed E-state index contributed by atoms with van der Waals surface area (Å²) in [5.74, 6) is -2.03. The number of carbonyl (C=O) groups excluding carboxylic acids is 2. The van der Waals surface area contributed by atoms with Gasteiger partial charge in [-0.3, -0.25) is 9.52 Å². The van der Waals surface area contributed by atoms with E-state index in [1.807, 2.05) is 0 Å². The average Bonchev–Trinajstić information content (AvgIpc) is 2.63. The highest BCUT2D eigenvalue weighted by atomic mass is 32.2. The van der Waals surface area contributed by atoms with Crippen molar-refractivity contribution in [2.45, 2.75) is 25.2 Å². The van der Waals surface area contributed by atoms with Crippen LogP contribution in [0.5, 0.6) is 0 Å². The Morgan fingerprint density at radius 3 is 2.48 bits per heavy atom. The molecule has 27 heavy (non-hydrogen) atoms. The van der Waals surface area contributed by atoms with Gasteiger partial charge < -0.3 is 10.1 Å². The maximum absolute atomic E-state index is 14.1. The SMILES string of the molecule is CCC(=O)Nc1ccc(C)c(NS(=O)(=O)c2cc(C(=O)OC)ccc2F)c1. The van der Waals surface area contributed by atoms with Gasteiger partial charge in [0.15, 0.2) is 0 Å². The number of aryl methyl sites for hydroxylation is 1. The molecule has 0 saturated heterocycles. The number of anilines is 2. The van der Waals surface area contributed by atoms with Gasteiger partial charge in [0, 0.05) is 12.1 Å². The first-order valence-corrected chi connectivity index (χ1v) is 9.47. The number of esters is 1. The van der Waals surface area contributed by atoms with Crippen molar-refractivity contribution in [1.29, 1.82) is 0 Å². The summed E-state index contributed by atoms with van der Waals surface area (Å²) in [7, 11) is -3.19. The molecule has 0 aromatic heterocycles. The predicted octanol–water partition coefficient (Wildman–Crippen LogP) is 3.07. The van der Waals surface area contributed by atoms with E-state index in [2.05, 4.69) is 14.8 Å². The highest BCUT2D eigenvalue weighted by molar-refractivity contribution is 7.92. The summed E-state index contributed by atoms with van der Waals surface area (Å²) in [6.45, 7) is 3.34. The second kappa shape index (κ2) is 8.17. The third-order valence-corrected chi connectivity index (χ3v) is 5.11. The summed E-state index contributed by atoms with van der Waals surface area (Å²) in [5.41, 5.74) is 1.04. The van der Waals surface area contributed by atoms with E-state index >= 15 is 0 Å². The Morgan fingerprint density at radius 2 is 1.85 bits per heavy atom. The molecule has 2 rings (SSSR count). The van der Waals surface area contributed by atoms with Crippen molar-refractivity contribution in [3.63, 3.8) is 0 Å². The van der Waals surface area contributed by atoms with Gasteiger partial charge in [-0.1, -0.05) is 13.0 Å². The Bertz CT molecular complexity index is 989. The van der Waals surface area contributed by atoms with E-state index in [0.717, 1.165) is 25.3 Å². The topological polar surface area (TPSA) is 102 Å². The van der Waals surface area contributed by atoms with Crippen LogP contribution in [0.25, 0.3) is 0 Å². The lowest BCUT2D eigenvalue weighted by Crippen LogP contribution is -2.17. The lowest BCUT2D eigenvalue weighted by Gasteiger charge is -2.14. The first kappa shape index (κ1) is 20.4. The van der Waals surface area contributed by atoms with Crippen molar-refractivity contribution in [3.8, 4) is 0 Å². The molecule has 0 spiro atoms. The third-order valence-electron chi connectivity index (χ3n) is 3.73. The Kier molecular flexibility index (Phi) is 6.17. The van der Waals surface area contributed by atoms with E-state index < -0.39 is 26.7 Å². The van der Waals surface area contributed by atoms with Crippen LogP contribution >= 0.6 is 0 Å². The lowest BCUT2D eigenvalue weighted by molar-refractivity contribution is -0.115. The second-order valence-electron chi connectivity index (χ2n) is 5.67. The molecule has 0 aliphatic heterocycles. The largest absolute Gasteiger partial charge is 0.465 e. The van der Waals surface area contributed by atoms with Crippen LogP contribution in [0.15, 0.2) is 41.3 Å². The van der Waals surface area contributed by atoms with Crippen LogP contribution in [0.2, 0.25) is 0 Å². The highest BCUT2D eigenvalue weighted by Crippen LogP contribution is 2.25. The first-order chi connectivity index (χ1) is 12.7. The molecule has 0 saturated carbocycles. The molecule has 144 valence electrons.